The van der Waals surface area contributed by atoms with Crippen LogP contribution in [-0.2, 0) is 16.0 Å². The van der Waals surface area contributed by atoms with E-state index in [2.05, 4.69) is 10.6 Å². The maximum Gasteiger partial charge on any atom is 0.254 e. The normalized spacial score (nSPS) is 11.4. The number of carbonyl (C=O) groups is 3. The van der Waals surface area contributed by atoms with E-state index in [-0.39, 0.29) is 17.9 Å². The SMILES string of the molecule is CC(=O)Nc1ccccc1C(=O)N[C@H](Cc1ccccc1Cl)C(N)=O. The molecular formula is C18H18ClN3O3. The molecule has 4 N–H and O–H groups in total. The minimum Gasteiger partial charge on any atom is -0.368 e. The molecule has 0 fully saturated rings. The zero-order valence-corrected chi connectivity index (χ0v) is 14.3. The molecule has 0 heterocycles. The zero-order chi connectivity index (χ0) is 18.4. The third kappa shape index (κ3) is 5.06. The predicted molar refractivity (Wildman–Crippen MR) is 96.4 cm³/mol. The van der Waals surface area contributed by atoms with E-state index in [1.54, 1.807) is 48.5 Å². The summed E-state index contributed by atoms with van der Waals surface area (Å²) in [6.07, 6.45) is 0.170. The van der Waals surface area contributed by atoms with Gasteiger partial charge in [-0.15, -0.1) is 0 Å². The van der Waals surface area contributed by atoms with Crippen LogP contribution < -0.4 is 16.4 Å². The van der Waals surface area contributed by atoms with Gasteiger partial charge in [-0.25, -0.2) is 0 Å². The number of amides is 3. The number of nitrogens with one attached hydrogen (secondary N) is 2. The standard InChI is InChI=1S/C18H18ClN3O3/c1-11(23)21-15-9-5-3-7-13(15)18(25)22-16(17(20)24)10-12-6-2-4-8-14(12)19/h2-9,16H,10H2,1H3,(H2,20,24)(H,21,23)(H,22,25)/t16-/m1/s1. The molecule has 0 aliphatic heterocycles. The van der Waals surface area contributed by atoms with Crippen molar-refractivity contribution in [3.8, 4) is 0 Å². The average molecular weight is 360 g/mol. The number of nitrogens with two attached hydrogens (primary N) is 1. The second-order valence-corrected chi connectivity index (χ2v) is 5.86. The van der Waals surface area contributed by atoms with Crippen LogP contribution in [0, 0.1) is 0 Å². The number of carbonyl (C=O) groups excluding carboxylic acids is 3. The fraction of sp³-hybridized carbons (Fsp3) is 0.167. The van der Waals surface area contributed by atoms with Crippen molar-refractivity contribution in [1.29, 1.82) is 0 Å². The van der Waals surface area contributed by atoms with E-state index in [0.29, 0.717) is 16.3 Å². The van der Waals surface area contributed by atoms with Crippen LogP contribution >= 0.6 is 11.6 Å². The number of anilines is 1. The Morgan fingerprint density at radius 3 is 2.36 bits per heavy atom. The van der Waals surface area contributed by atoms with Crippen LogP contribution in [0.1, 0.15) is 22.8 Å². The molecule has 0 aliphatic carbocycles. The molecule has 0 radical (unpaired) electrons. The second kappa shape index (κ2) is 8.30. The van der Waals surface area contributed by atoms with Crippen LogP contribution in [0.4, 0.5) is 5.69 Å². The van der Waals surface area contributed by atoms with E-state index in [9.17, 15) is 14.4 Å². The van der Waals surface area contributed by atoms with E-state index in [1.165, 1.54) is 6.92 Å². The monoisotopic (exact) mass is 359 g/mol. The first kappa shape index (κ1) is 18.5. The molecular weight excluding hydrogens is 342 g/mol. The smallest absolute Gasteiger partial charge is 0.254 e. The third-order valence-electron chi connectivity index (χ3n) is 3.51. The molecule has 2 rings (SSSR count). The lowest BCUT2D eigenvalue weighted by molar-refractivity contribution is -0.119. The van der Waals surface area contributed by atoms with Gasteiger partial charge in [-0.1, -0.05) is 41.9 Å². The number of hydrogen-bond acceptors (Lipinski definition) is 3. The molecule has 0 saturated carbocycles. The first-order chi connectivity index (χ1) is 11.9. The molecule has 2 aromatic carbocycles. The first-order valence-corrected chi connectivity index (χ1v) is 7.96. The van der Waals surface area contributed by atoms with Gasteiger partial charge in [0.2, 0.25) is 11.8 Å². The summed E-state index contributed by atoms with van der Waals surface area (Å²) < 4.78 is 0. The number of benzene rings is 2. The lowest BCUT2D eigenvalue weighted by atomic mass is 10.0. The lowest BCUT2D eigenvalue weighted by Crippen LogP contribution is -2.46. The molecule has 6 nitrogen and oxygen atoms in total. The van der Waals surface area contributed by atoms with Gasteiger partial charge in [0.15, 0.2) is 0 Å². The van der Waals surface area contributed by atoms with Crippen LogP contribution in [0.25, 0.3) is 0 Å². The van der Waals surface area contributed by atoms with Crippen molar-refractivity contribution in [2.24, 2.45) is 5.73 Å². The Hall–Kier alpha value is -2.86. The highest BCUT2D eigenvalue weighted by molar-refractivity contribution is 6.31. The maximum atomic E-state index is 12.5. The fourth-order valence-electron chi connectivity index (χ4n) is 2.32. The van der Waals surface area contributed by atoms with Crippen LogP contribution in [0.2, 0.25) is 5.02 Å². The Kier molecular flexibility index (Phi) is 6.14. The molecule has 3 amide bonds. The van der Waals surface area contributed by atoms with Gasteiger partial charge in [0.25, 0.3) is 5.91 Å². The fourth-order valence-corrected chi connectivity index (χ4v) is 2.54. The summed E-state index contributed by atoms with van der Waals surface area (Å²) in [6, 6.07) is 12.6. The van der Waals surface area contributed by atoms with Crippen molar-refractivity contribution in [2.75, 3.05) is 5.32 Å². The summed E-state index contributed by atoms with van der Waals surface area (Å²) in [4.78, 5) is 35.5. The van der Waals surface area contributed by atoms with E-state index in [0.717, 1.165) is 0 Å². The molecule has 0 spiro atoms. The average Bonchev–Trinajstić information content (AvgIpc) is 2.55. The molecule has 2 aromatic rings. The Morgan fingerprint density at radius 1 is 1.08 bits per heavy atom. The van der Waals surface area contributed by atoms with E-state index >= 15 is 0 Å². The van der Waals surface area contributed by atoms with Crippen LogP contribution in [0.3, 0.4) is 0 Å². The molecule has 7 heteroatoms. The number of rotatable bonds is 6. The molecule has 25 heavy (non-hydrogen) atoms. The molecule has 0 unspecified atom stereocenters. The number of hydrogen-bond donors (Lipinski definition) is 3. The van der Waals surface area contributed by atoms with Crippen molar-refractivity contribution in [2.45, 2.75) is 19.4 Å². The summed E-state index contributed by atoms with van der Waals surface area (Å²) in [7, 11) is 0. The van der Waals surface area contributed by atoms with Crippen molar-refractivity contribution < 1.29 is 14.4 Å². The maximum absolute atomic E-state index is 12.5. The van der Waals surface area contributed by atoms with Gasteiger partial charge in [-0.2, -0.15) is 0 Å². The highest BCUT2D eigenvalue weighted by atomic mass is 35.5. The molecule has 0 aromatic heterocycles. The zero-order valence-electron chi connectivity index (χ0n) is 13.6. The molecule has 1 atom stereocenters. The van der Waals surface area contributed by atoms with Crippen molar-refractivity contribution >= 4 is 35.0 Å². The van der Waals surface area contributed by atoms with E-state index in [1.807, 2.05) is 0 Å². The van der Waals surface area contributed by atoms with E-state index < -0.39 is 17.9 Å². The summed E-state index contributed by atoms with van der Waals surface area (Å²) in [5, 5.41) is 5.66. The summed E-state index contributed by atoms with van der Waals surface area (Å²) in [5.74, 6) is -1.49. The van der Waals surface area contributed by atoms with Crippen LogP contribution in [0.15, 0.2) is 48.5 Å². The first-order valence-electron chi connectivity index (χ1n) is 7.58. The summed E-state index contributed by atoms with van der Waals surface area (Å²) in [5.41, 5.74) is 6.70. The minimum atomic E-state index is -0.933. The van der Waals surface area contributed by atoms with Crippen LogP contribution in [-0.4, -0.2) is 23.8 Å². The summed E-state index contributed by atoms with van der Waals surface area (Å²) in [6.45, 7) is 1.35. The minimum absolute atomic E-state index is 0.170. The second-order valence-electron chi connectivity index (χ2n) is 5.45. The Bertz CT molecular complexity index is 808. The third-order valence-corrected chi connectivity index (χ3v) is 3.88. The van der Waals surface area contributed by atoms with Crippen molar-refractivity contribution in [3.05, 3.63) is 64.7 Å². The number of halogens is 1. The Balaban J connectivity index is 2.20. The molecule has 0 saturated heterocycles. The van der Waals surface area contributed by atoms with Gasteiger partial charge in [0.1, 0.15) is 6.04 Å². The molecule has 130 valence electrons. The lowest BCUT2D eigenvalue weighted by Gasteiger charge is -2.17. The molecule has 0 aliphatic rings. The van der Waals surface area contributed by atoms with Gasteiger partial charge in [0.05, 0.1) is 11.3 Å². The van der Waals surface area contributed by atoms with Gasteiger partial charge in [-0.3, -0.25) is 14.4 Å². The van der Waals surface area contributed by atoms with Crippen molar-refractivity contribution in [3.63, 3.8) is 0 Å². The predicted octanol–water partition coefficient (Wildman–Crippen LogP) is 2.12. The van der Waals surface area contributed by atoms with Gasteiger partial charge in [-0.05, 0) is 23.8 Å². The van der Waals surface area contributed by atoms with E-state index in [4.69, 9.17) is 17.3 Å². The van der Waals surface area contributed by atoms with Gasteiger partial charge >= 0.3 is 0 Å². The topological polar surface area (TPSA) is 101 Å². The van der Waals surface area contributed by atoms with Gasteiger partial charge < -0.3 is 16.4 Å². The Morgan fingerprint density at radius 2 is 1.72 bits per heavy atom. The summed E-state index contributed by atoms with van der Waals surface area (Å²) >= 11 is 6.10. The highest BCUT2D eigenvalue weighted by Gasteiger charge is 2.22. The van der Waals surface area contributed by atoms with Gasteiger partial charge in [0, 0.05) is 18.4 Å². The van der Waals surface area contributed by atoms with Crippen LogP contribution in [0.5, 0.6) is 0 Å². The number of para-hydroxylation sites is 1. The Labute approximate surface area is 150 Å². The number of primary amides is 1. The van der Waals surface area contributed by atoms with Crippen molar-refractivity contribution in [1.82, 2.24) is 5.32 Å². The quantitative estimate of drug-likeness (QED) is 0.736. The highest BCUT2D eigenvalue weighted by Crippen LogP contribution is 2.18. The largest absolute Gasteiger partial charge is 0.368 e. The molecule has 0 bridgehead atoms.